The molecule has 0 saturated carbocycles. The maximum Gasteiger partial charge on any atom is 0.142 e. The predicted octanol–water partition coefficient (Wildman–Crippen LogP) is 2.69. The van der Waals surface area contributed by atoms with E-state index in [-0.39, 0.29) is 0 Å². The first-order valence-electron chi connectivity index (χ1n) is 6.24. The zero-order valence-corrected chi connectivity index (χ0v) is 10.8. The molecule has 4 heteroatoms. The molecule has 2 rings (SSSR count). The third-order valence-electron chi connectivity index (χ3n) is 3.13. The minimum Gasteiger partial charge on any atom is -0.490 e. The van der Waals surface area contributed by atoms with Crippen molar-refractivity contribution in [2.24, 2.45) is 0 Å². The molecule has 0 amide bonds. The van der Waals surface area contributed by atoms with Crippen molar-refractivity contribution in [1.82, 2.24) is 9.88 Å². The van der Waals surface area contributed by atoms with Crippen LogP contribution in [0.15, 0.2) is 18.5 Å². The van der Waals surface area contributed by atoms with Crippen LogP contribution in [0.3, 0.4) is 0 Å². The number of nitrogens with zero attached hydrogens (tertiary/aromatic N) is 2. The molecule has 1 aliphatic rings. The van der Waals surface area contributed by atoms with E-state index < -0.39 is 0 Å². The highest BCUT2D eigenvalue weighted by Gasteiger charge is 2.10. The lowest BCUT2D eigenvalue weighted by Crippen LogP contribution is -2.33. The van der Waals surface area contributed by atoms with Gasteiger partial charge in [-0.1, -0.05) is 6.42 Å². The van der Waals surface area contributed by atoms with Crippen LogP contribution in [0.25, 0.3) is 0 Å². The monoisotopic (exact) mass is 254 g/mol. The maximum absolute atomic E-state index is 5.84. The average molecular weight is 255 g/mol. The Hall–Kier alpha value is -0.800. The largest absolute Gasteiger partial charge is 0.490 e. The van der Waals surface area contributed by atoms with Crippen LogP contribution in [0.5, 0.6) is 5.75 Å². The van der Waals surface area contributed by atoms with Gasteiger partial charge in [0.15, 0.2) is 0 Å². The molecule has 3 nitrogen and oxygen atoms in total. The number of ether oxygens (including phenoxy) is 1. The molecule has 0 unspecified atom stereocenters. The second kappa shape index (κ2) is 6.82. The van der Waals surface area contributed by atoms with Crippen molar-refractivity contribution in [3.05, 3.63) is 24.0 Å². The highest BCUT2D eigenvalue weighted by molar-refractivity contribution is 6.17. The minimum absolute atomic E-state index is 0.474. The molecule has 0 aliphatic carbocycles. The fourth-order valence-electron chi connectivity index (χ4n) is 2.12. The van der Waals surface area contributed by atoms with Gasteiger partial charge >= 0.3 is 0 Å². The van der Waals surface area contributed by atoms with E-state index in [2.05, 4.69) is 9.88 Å². The number of alkyl halides is 1. The molecule has 2 heterocycles. The van der Waals surface area contributed by atoms with E-state index in [1.165, 1.54) is 32.4 Å². The zero-order valence-electron chi connectivity index (χ0n) is 10.1. The van der Waals surface area contributed by atoms with E-state index >= 15 is 0 Å². The molecular weight excluding hydrogens is 236 g/mol. The van der Waals surface area contributed by atoms with Crippen LogP contribution < -0.4 is 4.74 Å². The van der Waals surface area contributed by atoms with Gasteiger partial charge in [-0.15, -0.1) is 11.6 Å². The molecule has 94 valence electrons. The normalized spacial score (nSPS) is 17.0. The average Bonchev–Trinajstić information content (AvgIpc) is 2.40. The van der Waals surface area contributed by atoms with E-state index in [4.69, 9.17) is 16.3 Å². The molecule has 1 fully saturated rings. The summed E-state index contributed by atoms with van der Waals surface area (Å²) in [6, 6.07) is 1.91. The summed E-state index contributed by atoms with van der Waals surface area (Å²) < 4.78 is 5.74. The summed E-state index contributed by atoms with van der Waals surface area (Å²) >= 11 is 5.84. The number of hydrogen-bond acceptors (Lipinski definition) is 3. The number of pyridine rings is 1. The molecule has 17 heavy (non-hydrogen) atoms. The van der Waals surface area contributed by atoms with Crippen LogP contribution in [-0.4, -0.2) is 36.1 Å². The predicted molar refractivity (Wildman–Crippen MR) is 69.6 cm³/mol. The first-order chi connectivity index (χ1) is 8.40. The molecule has 0 spiro atoms. The van der Waals surface area contributed by atoms with Crippen LogP contribution in [-0.2, 0) is 5.88 Å². The van der Waals surface area contributed by atoms with Gasteiger partial charge in [0.25, 0.3) is 0 Å². The fraction of sp³-hybridized carbons (Fsp3) is 0.615. The highest BCUT2D eigenvalue weighted by atomic mass is 35.5. The quantitative estimate of drug-likeness (QED) is 0.756. The van der Waals surface area contributed by atoms with Gasteiger partial charge in [0.05, 0.1) is 12.1 Å². The molecule has 1 aromatic rings. The van der Waals surface area contributed by atoms with Crippen LogP contribution in [0.2, 0.25) is 0 Å². The third-order valence-corrected chi connectivity index (χ3v) is 3.42. The molecular formula is C13H19ClN2O. The van der Waals surface area contributed by atoms with Crippen molar-refractivity contribution < 1.29 is 4.74 Å². The van der Waals surface area contributed by atoms with Crippen molar-refractivity contribution in [1.29, 1.82) is 0 Å². The van der Waals surface area contributed by atoms with Crippen LogP contribution in [0, 0.1) is 0 Å². The van der Waals surface area contributed by atoms with E-state index in [9.17, 15) is 0 Å². The number of halogens is 1. The number of likely N-dealkylation sites (tertiary alicyclic amines) is 1. The summed E-state index contributed by atoms with van der Waals surface area (Å²) in [7, 11) is 0. The van der Waals surface area contributed by atoms with Crippen molar-refractivity contribution in [2.45, 2.75) is 25.1 Å². The Balaban J connectivity index is 1.77. The van der Waals surface area contributed by atoms with E-state index in [1.54, 1.807) is 12.4 Å². The lowest BCUT2D eigenvalue weighted by atomic mass is 10.1. The van der Waals surface area contributed by atoms with Crippen molar-refractivity contribution in [2.75, 3.05) is 26.2 Å². The van der Waals surface area contributed by atoms with Gasteiger partial charge in [0, 0.05) is 18.3 Å². The Kier molecular flexibility index (Phi) is 5.08. The first-order valence-corrected chi connectivity index (χ1v) is 6.77. The summed E-state index contributed by atoms with van der Waals surface area (Å²) in [6.45, 7) is 4.13. The van der Waals surface area contributed by atoms with Gasteiger partial charge in [0.1, 0.15) is 12.4 Å². The third kappa shape index (κ3) is 3.86. The van der Waals surface area contributed by atoms with Crippen LogP contribution in [0.1, 0.15) is 24.8 Å². The SMILES string of the molecule is ClCc1ccncc1OCCN1CCCCC1. The lowest BCUT2D eigenvalue weighted by molar-refractivity contribution is 0.182. The number of aromatic nitrogens is 1. The van der Waals surface area contributed by atoms with Crippen LogP contribution >= 0.6 is 11.6 Å². The minimum atomic E-state index is 0.474. The topological polar surface area (TPSA) is 25.4 Å². The van der Waals surface area contributed by atoms with Gasteiger partial charge in [-0.05, 0) is 32.0 Å². The maximum atomic E-state index is 5.84. The molecule has 1 saturated heterocycles. The van der Waals surface area contributed by atoms with Gasteiger partial charge in [0.2, 0.25) is 0 Å². The molecule has 1 aliphatic heterocycles. The second-order valence-corrected chi connectivity index (χ2v) is 4.64. The standard InChI is InChI=1S/C13H19ClN2O/c14-10-12-4-5-15-11-13(12)17-9-8-16-6-2-1-3-7-16/h4-5,11H,1-3,6-10H2. The Morgan fingerprint density at radius 3 is 2.88 bits per heavy atom. The molecule has 0 bridgehead atoms. The van der Waals surface area contributed by atoms with E-state index in [0.717, 1.165) is 24.5 Å². The van der Waals surface area contributed by atoms with Crippen molar-refractivity contribution in [3.8, 4) is 5.75 Å². The number of rotatable bonds is 5. The van der Waals surface area contributed by atoms with Crippen LogP contribution in [0.4, 0.5) is 0 Å². The van der Waals surface area contributed by atoms with Crippen molar-refractivity contribution >= 4 is 11.6 Å². The summed E-state index contributed by atoms with van der Waals surface area (Å²) in [5.41, 5.74) is 1.01. The number of piperidine rings is 1. The highest BCUT2D eigenvalue weighted by Crippen LogP contribution is 2.18. The Labute approximate surface area is 108 Å². The van der Waals surface area contributed by atoms with Gasteiger partial charge in [-0.3, -0.25) is 9.88 Å². The fourth-order valence-corrected chi connectivity index (χ4v) is 2.34. The summed E-state index contributed by atoms with van der Waals surface area (Å²) in [5.74, 6) is 1.29. The first kappa shape index (κ1) is 12.7. The molecule has 1 aromatic heterocycles. The lowest BCUT2D eigenvalue weighted by Gasteiger charge is -2.26. The smallest absolute Gasteiger partial charge is 0.142 e. The molecule has 0 aromatic carbocycles. The van der Waals surface area contributed by atoms with Gasteiger partial charge in [-0.25, -0.2) is 0 Å². The summed E-state index contributed by atoms with van der Waals surface area (Å²) in [6.07, 6.45) is 7.50. The molecule has 0 N–H and O–H groups in total. The summed E-state index contributed by atoms with van der Waals surface area (Å²) in [4.78, 5) is 6.52. The molecule has 0 radical (unpaired) electrons. The number of hydrogen-bond donors (Lipinski definition) is 0. The molecule has 0 atom stereocenters. The van der Waals surface area contributed by atoms with Crippen molar-refractivity contribution in [3.63, 3.8) is 0 Å². The van der Waals surface area contributed by atoms with Gasteiger partial charge < -0.3 is 4.74 Å². The van der Waals surface area contributed by atoms with E-state index in [1.807, 2.05) is 6.07 Å². The Morgan fingerprint density at radius 1 is 1.29 bits per heavy atom. The summed E-state index contributed by atoms with van der Waals surface area (Å²) in [5, 5.41) is 0. The zero-order chi connectivity index (χ0) is 11.9. The second-order valence-electron chi connectivity index (χ2n) is 4.37. The van der Waals surface area contributed by atoms with E-state index in [0.29, 0.717) is 5.88 Å². The Morgan fingerprint density at radius 2 is 2.12 bits per heavy atom. The Bertz CT molecular complexity index is 340. The van der Waals surface area contributed by atoms with Gasteiger partial charge in [-0.2, -0.15) is 0 Å².